The second-order valence-electron chi connectivity index (χ2n) is 4.34. The van der Waals surface area contributed by atoms with E-state index >= 15 is 0 Å². The first-order valence-electron chi connectivity index (χ1n) is 6.14. The Labute approximate surface area is 128 Å². The number of aryl methyl sites for hydroxylation is 1. The number of nitro benzene ring substituents is 1. The molecule has 23 heavy (non-hydrogen) atoms. The lowest BCUT2D eigenvalue weighted by Gasteiger charge is -1.96. The van der Waals surface area contributed by atoms with Crippen LogP contribution in [0.5, 0.6) is 0 Å². The SMILES string of the molecule is Cn1cc([N+](=O)[O-])c(C(=O)NN=Cc2cccc([N+](=O)[O-])c2)n1. The summed E-state index contributed by atoms with van der Waals surface area (Å²) in [6, 6.07) is 5.59. The predicted molar refractivity (Wildman–Crippen MR) is 78.0 cm³/mol. The van der Waals surface area contributed by atoms with Crippen LogP contribution >= 0.6 is 0 Å². The molecule has 0 atom stereocenters. The molecule has 1 aromatic heterocycles. The van der Waals surface area contributed by atoms with E-state index in [1.165, 1.54) is 31.5 Å². The number of amides is 1. The summed E-state index contributed by atoms with van der Waals surface area (Å²) in [5.74, 6) is -0.862. The first-order chi connectivity index (χ1) is 10.9. The normalized spacial score (nSPS) is 10.7. The number of nitrogens with zero attached hydrogens (tertiary/aromatic N) is 5. The van der Waals surface area contributed by atoms with Crippen molar-refractivity contribution in [2.45, 2.75) is 0 Å². The van der Waals surface area contributed by atoms with Gasteiger partial charge in [-0.3, -0.25) is 29.7 Å². The van der Waals surface area contributed by atoms with Crippen LogP contribution in [0.4, 0.5) is 11.4 Å². The van der Waals surface area contributed by atoms with E-state index in [1.807, 2.05) is 0 Å². The van der Waals surface area contributed by atoms with Crippen LogP contribution in [0, 0.1) is 20.2 Å². The fourth-order valence-electron chi connectivity index (χ4n) is 1.71. The number of hydrogen-bond acceptors (Lipinski definition) is 7. The number of aromatic nitrogens is 2. The molecule has 0 saturated heterocycles. The van der Waals surface area contributed by atoms with Gasteiger partial charge in [-0.2, -0.15) is 10.2 Å². The number of carbonyl (C=O) groups excluding carboxylic acids is 1. The van der Waals surface area contributed by atoms with E-state index in [0.29, 0.717) is 5.56 Å². The third-order valence-corrected chi connectivity index (χ3v) is 2.68. The molecular weight excluding hydrogens is 308 g/mol. The Hall–Kier alpha value is -3.63. The summed E-state index contributed by atoms with van der Waals surface area (Å²) in [7, 11) is 1.44. The Bertz CT molecular complexity index is 812. The molecule has 118 valence electrons. The summed E-state index contributed by atoms with van der Waals surface area (Å²) in [6.07, 6.45) is 2.28. The van der Waals surface area contributed by atoms with Gasteiger partial charge in [0.2, 0.25) is 5.69 Å². The van der Waals surface area contributed by atoms with Gasteiger partial charge >= 0.3 is 5.69 Å². The number of non-ortho nitro benzene ring substituents is 1. The van der Waals surface area contributed by atoms with Crippen LogP contribution in [0.2, 0.25) is 0 Å². The molecule has 0 aliphatic rings. The van der Waals surface area contributed by atoms with Crippen molar-refractivity contribution in [1.29, 1.82) is 0 Å². The highest BCUT2D eigenvalue weighted by Gasteiger charge is 2.24. The maximum Gasteiger partial charge on any atom is 0.320 e. The summed E-state index contributed by atoms with van der Waals surface area (Å²) in [5, 5.41) is 28.8. The molecular formula is C12H10N6O5. The monoisotopic (exact) mass is 318 g/mol. The molecule has 1 heterocycles. The van der Waals surface area contributed by atoms with E-state index in [9.17, 15) is 25.0 Å². The Morgan fingerprint density at radius 3 is 2.74 bits per heavy atom. The zero-order valence-electron chi connectivity index (χ0n) is 11.7. The van der Waals surface area contributed by atoms with Crippen molar-refractivity contribution < 1.29 is 14.6 Å². The van der Waals surface area contributed by atoms with Crippen molar-refractivity contribution in [2.75, 3.05) is 0 Å². The van der Waals surface area contributed by atoms with E-state index in [-0.39, 0.29) is 11.4 Å². The van der Waals surface area contributed by atoms with Crippen molar-refractivity contribution in [3.8, 4) is 0 Å². The molecule has 0 aliphatic carbocycles. The van der Waals surface area contributed by atoms with Crippen LogP contribution in [-0.4, -0.2) is 31.7 Å². The number of hydrogen-bond donors (Lipinski definition) is 1. The summed E-state index contributed by atoms with van der Waals surface area (Å²) in [4.78, 5) is 32.0. The van der Waals surface area contributed by atoms with Crippen LogP contribution in [0.1, 0.15) is 16.1 Å². The maximum atomic E-state index is 11.8. The van der Waals surface area contributed by atoms with Gasteiger partial charge in [-0.15, -0.1) is 0 Å². The van der Waals surface area contributed by atoms with Crippen molar-refractivity contribution in [3.05, 3.63) is 61.9 Å². The van der Waals surface area contributed by atoms with E-state index < -0.39 is 21.4 Å². The van der Waals surface area contributed by atoms with Crippen molar-refractivity contribution in [3.63, 3.8) is 0 Å². The maximum absolute atomic E-state index is 11.8. The molecule has 0 bridgehead atoms. The van der Waals surface area contributed by atoms with Gasteiger partial charge in [0.25, 0.3) is 11.6 Å². The molecule has 11 nitrogen and oxygen atoms in total. The Kier molecular flexibility index (Phi) is 4.40. The number of benzene rings is 1. The van der Waals surface area contributed by atoms with E-state index in [0.717, 1.165) is 10.9 Å². The molecule has 0 radical (unpaired) electrons. The topological polar surface area (TPSA) is 146 Å². The molecule has 0 unspecified atom stereocenters. The average Bonchev–Trinajstić information content (AvgIpc) is 2.90. The molecule has 2 aromatic rings. The lowest BCUT2D eigenvalue weighted by atomic mass is 10.2. The molecule has 0 spiro atoms. The molecule has 1 amide bonds. The molecule has 1 N–H and O–H groups in total. The van der Waals surface area contributed by atoms with Crippen molar-refractivity contribution >= 4 is 23.5 Å². The third kappa shape index (κ3) is 3.72. The second kappa shape index (κ2) is 6.43. The van der Waals surface area contributed by atoms with Crippen molar-refractivity contribution in [2.24, 2.45) is 12.1 Å². The number of hydrazone groups is 1. The smallest absolute Gasteiger partial charge is 0.268 e. The van der Waals surface area contributed by atoms with Gasteiger partial charge in [0, 0.05) is 24.7 Å². The number of carbonyl (C=O) groups is 1. The summed E-state index contributed by atoms with van der Waals surface area (Å²) in [6.45, 7) is 0. The first-order valence-corrected chi connectivity index (χ1v) is 6.14. The standard InChI is InChI=1S/C12H10N6O5/c1-16-7-10(18(22)23)11(15-16)12(19)14-13-6-8-3-2-4-9(5-8)17(20)21/h2-7H,1H3,(H,14,19). The minimum atomic E-state index is -0.862. The second-order valence-corrected chi connectivity index (χ2v) is 4.34. The Balaban J connectivity index is 2.11. The minimum absolute atomic E-state index is 0.124. The average molecular weight is 318 g/mol. The summed E-state index contributed by atoms with van der Waals surface area (Å²) < 4.78 is 1.14. The van der Waals surface area contributed by atoms with E-state index in [4.69, 9.17) is 0 Å². The van der Waals surface area contributed by atoms with Gasteiger partial charge in [0.15, 0.2) is 0 Å². The van der Waals surface area contributed by atoms with E-state index in [2.05, 4.69) is 15.6 Å². The number of nitrogens with one attached hydrogen (secondary N) is 1. The van der Waals surface area contributed by atoms with Crippen LogP contribution in [0.25, 0.3) is 0 Å². The highest BCUT2D eigenvalue weighted by atomic mass is 16.6. The van der Waals surface area contributed by atoms with Gasteiger partial charge in [-0.25, -0.2) is 5.43 Å². The highest BCUT2D eigenvalue weighted by Crippen LogP contribution is 2.15. The fraction of sp³-hybridized carbons (Fsp3) is 0.0833. The van der Waals surface area contributed by atoms with Crippen molar-refractivity contribution in [1.82, 2.24) is 15.2 Å². The summed E-state index contributed by atoms with van der Waals surface area (Å²) >= 11 is 0. The van der Waals surface area contributed by atoms with Crippen LogP contribution < -0.4 is 5.43 Å². The number of rotatable bonds is 5. The largest absolute Gasteiger partial charge is 0.320 e. The molecule has 0 saturated carbocycles. The van der Waals surface area contributed by atoms with Crippen LogP contribution in [-0.2, 0) is 7.05 Å². The van der Waals surface area contributed by atoms with Gasteiger partial charge in [-0.1, -0.05) is 12.1 Å². The lowest BCUT2D eigenvalue weighted by Crippen LogP contribution is -2.19. The van der Waals surface area contributed by atoms with Crippen LogP contribution in [0.15, 0.2) is 35.6 Å². The fourth-order valence-corrected chi connectivity index (χ4v) is 1.71. The molecule has 1 aromatic carbocycles. The van der Waals surface area contributed by atoms with Crippen LogP contribution in [0.3, 0.4) is 0 Å². The Morgan fingerprint density at radius 1 is 1.35 bits per heavy atom. The third-order valence-electron chi connectivity index (χ3n) is 2.68. The van der Waals surface area contributed by atoms with Gasteiger partial charge in [0.05, 0.1) is 16.1 Å². The first kappa shape index (κ1) is 15.8. The molecule has 11 heteroatoms. The predicted octanol–water partition coefficient (Wildman–Crippen LogP) is 1.00. The number of nitro groups is 2. The molecule has 0 aliphatic heterocycles. The Morgan fingerprint density at radius 2 is 2.09 bits per heavy atom. The molecule has 2 rings (SSSR count). The van der Waals surface area contributed by atoms with Gasteiger partial charge in [0.1, 0.15) is 6.20 Å². The van der Waals surface area contributed by atoms with Gasteiger partial charge in [-0.05, 0) is 0 Å². The summed E-state index contributed by atoms with van der Waals surface area (Å²) in [5.41, 5.74) is 1.52. The highest BCUT2D eigenvalue weighted by molar-refractivity contribution is 5.96. The molecule has 0 fully saturated rings. The minimum Gasteiger partial charge on any atom is -0.268 e. The van der Waals surface area contributed by atoms with E-state index in [1.54, 1.807) is 6.07 Å². The zero-order valence-corrected chi connectivity index (χ0v) is 11.7. The lowest BCUT2D eigenvalue weighted by molar-refractivity contribution is -0.385. The quantitative estimate of drug-likeness (QED) is 0.494. The zero-order chi connectivity index (χ0) is 17.0. The van der Waals surface area contributed by atoms with Gasteiger partial charge < -0.3 is 0 Å².